The van der Waals surface area contributed by atoms with Gasteiger partial charge in [-0.15, -0.1) is 24.0 Å². The van der Waals surface area contributed by atoms with Crippen LogP contribution in [-0.2, 0) is 17.8 Å². The van der Waals surface area contributed by atoms with Gasteiger partial charge in [0.15, 0.2) is 5.96 Å². The summed E-state index contributed by atoms with van der Waals surface area (Å²) in [6.07, 6.45) is 4.98. The number of guanidine groups is 1. The van der Waals surface area contributed by atoms with E-state index in [1.54, 1.807) is 7.11 Å². The molecule has 27 heavy (non-hydrogen) atoms. The number of nitrogens with zero attached hydrogens (tertiary/aromatic N) is 2. The first-order chi connectivity index (χ1) is 12.7. The normalized spacial score (nSPS) is 18.0. The monoisotopic (exact) mass is 488 g/mol. The molecule has 1 atom stereocenters. The Hall–Kier alpha value is -0.860. The molecule has 1 aliphatic heterocycles. The molecular formula is C21H37IN4O. The maximum Gasteiger partial charge on any atom is 0.191 e. The first-order valence-electron chi connectivity index (χ1n) is 10.1. The fraction of sp³-hybridized carbons (Fsp3) is 0.667. The van der Waals surface area contributed by atoms with Crippen LogP contribution in [0.5, 0.6) is 0 Å². The maximum absolute atomic E-state index is 5.10. The van der Waals surface area contributed by atoms with Gasteiger partial charge in [0, 0.05) is 39.4 Å². The van der Waals surface area contributed by atoms with E-state index < -0.39 is 0 Å². The second-order valence-corrected chi connectivity index (χ2v) is 7.05. The average Bonchev–Trinajstić information content (AvgIpc) is 2.66. The number of piperidine rings is 1. The van der Waals surface area contributed by atoms with Gasteiger partial charge < -0.3 is 15.4 Å². The Balaban J connectivity index is 0.00000364. The molecule has 0 aliphatic carbocycles. The molecule has 0 aromatic heterocycles. The van der Waals surface area contributed by atoms with Crippen molar-refractivity contribution < 1.29 is 4.74 Å². The molecule has 1 unspecified atom stereocenters. The minimum atomic E-state index is 0. The summed E-state index contributed by atoms with van der Waals surface area (Å²) in [5, 5.41) is 6.71. The highest BCUT2D eigenvalue weighted by Gasteiger charge is 2.19. The minimum absolute atomic E-state index is 0. The van der Waals surface area contributed by atoms with E-state index in [2.05, 4.69) is 53.6 Å². The van der Waals surface area contributed by atoms with Crippen molar-refractivity contribution in [3.05, 3.63) is 35.4 Å². The van der Waals surface area contributed by atoms with Crippen molar-refractivity contribution in [1.82, 2.24) is 15.5 Å². The zero-order valence-corrected chi connectivity index (χ0v) is 19.5. The molecule has 0 amide bonds. The maximum atomic E-state index is 5.10. The number of hydrogen-bond acceptors (Lipinski definition) is 3. The molecule has 0 radical (unpaired) electrons. The summed E-state index contributed by atoms with van der Waals surface area (Å²) in [6.45, 7) is 9.90. The summed E-state index contributed by atoms with van der Waals surface area (Å²) in [7, 11) is 1.74. The van der Waals surface area contributed by atoms with Gasteiger partial charge in [-0.2, -0.15) is 0 Å². The molecule has 2 N–H and O–H groups in total. The van der Waals surface area contributed by atoms with Crippen LogP contribution in [0.1, 0.15) is 50.7 Å². The Morgan fingerprint density at radius 3 is 2.70 bits per heavy atom. The van der Waals surface area contributed by atoms with Crippen LogP contribution in [0.15, 0.2) is 29.3 Å². The van der Waals surface area contributed by atoms with Crippen LogP contribution in [0.4, 0.5) is 0 Å². The molecule has 0 spiro atoms. The molecule has 1 aromatic carbocycles. The first-order valence-corrected chi connectivity index (χ1v) is 10.1. The number of ether oxygens (including phenoxy) is 1. The molecule has 0 bridgehead atoms. The van der Waals surface area contributed by atoms with Gasteiger partial charge in [0.2, 0.25) is 0 Å². The quantitative estimate of drug-likeness (QED) is 0.241. The van der Waals surface area contributed by atoms with Crippen LogP contribution in [0.25, 0.3) is 0 Å². The van der Waals surface area contributed by atoms with Gasteiger partial charge in [0.05, 0.1) is 6.54 Å². The minimum Gasteiger partial charge on any atom is -0.385 e. The van der Waals surface area contributed by atoms with Gasteiger partial charge in [-0.1, -0.05) is 30.7 Å². The molecule has 1 heterocycles. The van der Waals surface area contributed by atoms with Crippen molar-refractivity contribution in [3.63, 3.8) is 0 Å². The third kappa shape index (κ3) is 8.79. The second kappa shape index (κ2) is 14.2. The standard InChI is InChI=1S/C21H36N4O.HI/c1-4-22-21(23-13-9-15-26-3)24-16-19-11-5-6-12-20(19)17-25-14-8-7-10-18(25)2;/h5-6,11-12,18H,4,7-10,13-17H2,1-3H3,(H2,22,23,24);1H. The Morgan fingerprint density at radius 1 is 1.22 bits per heavy atom. The van der Waals surface area contributed by atoms with Gasteiger partial charge >= 0.3 is 0 Å². The van der Waals surface area contributed by atoms with Gasteiger partial charge in [0.1, 0.15) is 0 Å². The Kier molecular flexibility index (Phi) is 12.7. The first kappa shape index (κ1) is 24.2. The summed E-state index contributed by atoms with van der Waals surface area (Å²) in [4.78, 5) is 7.40. The van der Waals surface area contributed by atoms with E-state index in [-0.39, 0.29) is 24.0 Å². The number of aliphatic imine (C=N–C) groups is 1. The zero-order valence-electron chi connectivity index (χ0n) is 17.2. The SMILES string of the molecule is CCNC(=NCc1ccccc1CN1CCCCC1C)NCCCOC.I. The number of rotatable bonds is 9. The van der Waals surface area contributed by atoms with Gasteiger partial charge in [-0.05, 0) is 50.8 Å². The Bertz CT molecular complexity index is 553. The van der Waals surface area contributed by atoms with Crippen molar-refractivity contribution >= 4 is 29.9 Å². The molecule has 0 saturated carbocycles. The van der Waals surface area contributed by atoms with Crippen LogP contribution in [0.2, 0.25) is 0 Å². The van der Waals surface area contributed by atoms with Gasteiger partial charge in [-0.3, -0.25) is 4.90 Å². The van der Waals surface area contributed by atoms with E-state index in [9.17, 15) is 0 Å². The van der Waals surface area contributed by atoms with Crippen LogP contribution in [0.3, 0.4) is 0 Å². The smallest absolute Gasteiger partial charge is 0.191 e. The molecule has 1 saturated heterocycles. The third-order valence-electron chi connectivity index (χ3n) is 5.00. The highest BCUT2D eigenvalue weighted by molar-refractivity contribution is 14.0. The van der Waals surface area contributed by atoms with Gasteiger partial charge in [-0.25, -0.2) is 4.99 Å². The van der Waals surface area contributed by atoms with Gasteiger partial charge in [0.25, 0.3) is 0 Å². The van der Waals surface area contributed by atoms with Crippen molar-refractivity contribution in [3.8, 4) is 0 Å². The molecule has 1 aliphatic rings. The van der Waals surface area contributed by atoms with Crippen molar-refractivity contribution in [2.45, 2.75) is 58.7 Å². The van der Waals surface area contributed by atoms with E-state index in [4.69, 9.17) is 9.73 Å². The van der Waals surface area contributed by atoms with Crippen LogP contribution in [0, 0.1) is 0 Å². The summed E-state index contributed by atoms with van der Waals surface area (Å²) < 4.78 is 5.10. The molecule has 1 aromatic rings. The van der Waals surface area contributed by atoms with E-state index in [0.29, 0.717) is 12.6 Å². The third-order valence-corrected chi connectivity index (χ3v) is 5.00. The highest BCUT2D eigenvalue weighted by Crippen LogP contribution is 2.21. The predicted octanol–water partition coefficient (Wildman–Crippen LogP) is 3.77. The van der Waals surface area contributed by atoms with E-state index in [1.807, 2.05) is 0 Å². The lowest BCUT2D eigenvalue weighted by molar-refractivity contribution is 0.152. The molecule has 2 rings (SSSR count). The molecule has 1 fully saturated rings. The van der Waals surface area contributed by atoms with Crippen LogP contribution < -0.4 is 10.6 Å². The Morgan fingerprint density at radius 2 is 2.00 bits per heavy atom. The number of nitrogens with one attached hydrogen (secondary N) is 2. The van der Waals surface area contributed by atoms with E-state index >= 15 is 0 Å². The number of halogens is 1. The predicted molar refractivity (Wildman–Crippen MR) is 125 cm³/mol. The lowest BCUT2D eigenvalue weighted by Gasteiger charge is -2.33. The van der Waals surface area contributed by atoms with E-state index in [1.165, 1.54) is 36.9 Å². The molecular weight excluding hydrogens is 451 g/mol. The Labute approximate surface area is 182 Å². The lowest BCUT2D eigenvalue weighted by atomic mass is 10.0. The van der Waals surface area contributed by atoms with E-state index in [0.717, 1.165) is 38.6 Å². The number of benzene rings is 1. The summed E-state index contributed by atoms with van der Waals surface area (Å²) >= 11 is 0. The van der Waals surface area contributed by atoms with Crippen LogP contribution >= 0.6 is 24.0 Å². The summed E-state index contributed by atoms with van der Waals surface area (Å²) in [5.74, 6) is 0.879. The number of methoxy groups -OCH3 is 1. The second-order valence-electron chi connectivity index (χ2n) is 7.05. The molecule has 5 nitrogen and oxygen atoms in total. The van der Waals surface area contributed by atoms with Crippen molar-refractivity contribution in [2.75, 3.05) is 33.4 Å². The topological polar surface area (TPSA) is 48.9 Å². The van der Waals surface area contributed by atoms with Crippen LogP contribution in [-0.4, -0.2) is 50.3 Å². The van der Waals surface area contributed by atoms with Crippen molar-refractivity contribution in [1.29, 1.82) is 0 Å². The number of likely N-dealkylation sites (tertiary alicyclic amines) is 1. The lowest BCUT2D eigenvalue weighted by Crippen LogP contribution is -2.38. The summed E-state index contributed by atoms with van der Waals surface area (Å²) in [5.41, 5.74) is 2.72. The fourth-order valence-corrected chi connectivity index (χ4v) is 3.41. The largest absolute Gasteiger partial charge is 0.385 e. The fourth-order valence-electron chi connectivity index (χ4n) is 3.41. The molecule has 154 valence electrons. The average molecular weight is 488 g/mol. The highest BCUT2D eigenvalue weighted by atomic mass is 127. The van der Waals surface area contributed by atoms with Crippen molar-refractivity contribution in [2.24, 2.45) is 4.99 Å². The zero-order chi connectivity index (χ0) is 18.6. The molecule has 6 heteroatoms. The summed E-state index contributed by atoms with van der Waals surface area (Å²) in [6, 6.07) is 9.41. The number of hydrogen-bond donors (Lipinski definition) is 2.